The minimum absolute atomic E-state index is 0.103. The quantitative estimate of drug-likeness (QED) is 0.648. The van der Waals surface area contributed by atoms with Crippen molar-refractivity contribution in [2.45, 2.75) is 37.8 Å². The summed E-state index contributed by atoms with van der Waals surface area (Å²) in [5, 5.41) is 16.1. The van der Waals surface area contributed by atoms with E-state index >= 15 is 0 Å². The van der Waals surface area contributed by atoms with Crippen LogP contribution in [0.2, 0.25) is 0 Å². The van der Waals surface area contributed by atoms with E-state index in [2.05, 4.69) is 22.5 Å². The third kappa shape index (κ3) is 2.39. The van der Waals surface area contributed by atoms with Gasteiger partial charge in [-0.1, -0.05) is 11.6 Å². The van der Waals surface area contributed by atoms with Crippen LogP contribution in [0.1, 0.15) is 26.2 Å². The Morgan fingerprint density at radius 3 is 3.25 bits per heavy atom. The fourth-order valence-electron chi connectivity index (χ4n) is 2.09. The summed E-state index contributed by atoms with van der Waals surface area (Å²) in [6, 6.07) is 0.241. The molecule has 0 aromatic rings. The SMILES string of the molecule is CC12CC=C(Cl)NC1=NC(CCCO)CN2. The first-order chi connectivity index (χ1) is 7.64. The molecule has 0 spiro atoms. The average Bonchev–Trinajstić information content (AvgIpc) is 2.27. The third-order valence-corrected chi connectivity index (χ3v) is 3.43. The molecule has 0 saturated carbocycles. The molecule has 0 fully saturated rings. The summed E-state index contributed by atoms with van der Waals surface area (Å²) in [6.07, 6.45) is 4.54. The van der Waals surface area contributed by atoms with E-state index < -0.39 is 0 Å². The fourth-order valence-corrected chi connectivity index (χ4v) is 2.25. The highest BCUT2D eigenvalue weighted by molar-refractivity contribution is 6.31. The maximum absolute atomic E-state index is 8.81. The molecule has 2 atom stereocenters. The maximum Gasteiger partial charge on any atom is 0.122 e. The van der Waals surface area contributed by atoms with E-state index in [0.29, 0.717) is 5.16 Å². The van der Waals surface area contributed by atoms with Crippen LogP contribution in [0.3, 0.4) is 0 Å². The number of aliphatic hydroxyl groups is 1. The largest absolute Gasteiger partial charge is 0.396 e. The second kappa shape index (κ2) is 4.73. The predicted molar refractivity (Wildman–Crippen MR) is 65.6 cm³/mol. The Kier molecular flexibility index (Phi) is 3.52. The van der Waals surface area contributed by atoms with Crippen molar-refractivity contribution < 1.29 is 5.11 Å². The van der Waals surface area contributed by atoms with Crippen LogP contribution in [-0.2, 0) is 0 Å². The van der Waals surface area contributed by atoms with E-state index in [1.54, 1.807) is 0 Å². The third-order valence-electron chi connectivity index (χ3n) is 3.18. The van der Waals surface area contributed by atoms with Crippen LogP contribution in [0, 0.1) is 0 Å². The zero-order valence-electron chi connectivity index (χ0n) is 9.46. The maximum atomic E-state index is 8.81. The topological polar surface area (TPSA) is 56.7 Å². The van der Waals surface area contributed by atoms with Crippen molar-refractivity contribution in [3.8, 4) is 0 Å². The molecule has 0 aliphatic carbocycles. The lowest BCUT2D eigenvalue weighted by Crippen LogP contribution is -2.60. The highest BCUT2D eigenvalue weighted by Crippen LogP contribution is 2.24. The van der Waals surface area contributed by atoms with Crippen LogP contribution in [0.15, 0.2) is 16.2 Å². The van der Waals surface area contributed by atoms with Crippen molar-refractivity contribution in [3.05, 3.63) is 11.2 Å². The summed E-state index contributed by atoms with van der Waals surface area (Å²) in [4.78, 5) is 4.67. The molecule has 0 radical (unpaired) electrons. The number of rotatable bonds is 3. The highest BCUT2D eigenvalue weighted by atomic mass is 35.5. The number of fused-ring (bicyclic) bond motifs is 1. The van der Waals surface area contributed by atoms with Gasteiger partial charge in [-0.15, -0.1) is 0 Å². The lowest BCUT2D eigenvalue weighted by Gasteiger charge is -2.40. The first kappa shape index (κ1) is 11.9. The number of hydrogen-bond acceptors (Lipinski definition) is 4. The molecule has 0 saturated heterocycles. The van der Waals surface area contributed by atoms with Gasteiger partial charge >= 0.3 is 0 Å². The average molecular weight is 244 g/mol. The minimum atomic E-state index is -0.103. The molecule has 4 nitrogen and oxygen atoms in total. The lowest BCUT2D eigenvalue weighted by atomic mass is 9.91. The Balaban J connectivity index is 2.09. The molecule has 16 heavy (non-hydrogen) atoms. The van der Waals surface area contributed by atoms with E-state index in [1.165, 1.54) is 0 Å². The molecule has 0 aromatic heterocycles. The van der Waals surface area contributed by atoms with Crippen molar-refractivity contribution in [3.63, 3.8) is 0 Å². The summed E-state index contributed by atoms with van der Waals surface area (Å²) in [5.74, 6) is 0.925. The van der Waals surface area contributed by atoms with Crippen LogP contribution in [-0.4, -0.2) is 35.7 Å². The Hall–Kier alpha value is -0.580. The predicted octanol–water partition coefficient (Wildman–Crippen LogP) is 0.961. The molecule has 2 unspecified atom stereocenters. The van der Waals surface area contributed by atoms with Gasteiger partial charge in [0, 0.05) is 13.2 Å². The van der Waals surface area contributed by atoms with Gasteiger partial charge in [-0.05, 0) is 32.3 Å². The minimum Gasteiger partial charge on any atom is -0.396 e. The lowest BCUT2D eigenvalue weighted by molar-refractivity contribution is 0.275. The van der Waals surface area contributed by atoms with Crippen LogP contribution in [0.5, 0.6) is 0 Å². The summed E-state index contributed by atoms with van der Waals surface area (Å²) in [6.45, 7) is 3.22. The van der Waals surface area contributed by atoms with E-state index in [4.69, 9.17) is 16.7 Å². The number of halogens is 1. The molecule has 2 aliphatic heterocycles. The Bertz CT molecular complexity index is 329. The van der Waals surface area contributed by atoms with Gasteiger partial charge < -0.3 is 15.7 Å². The van der Waals surface area contributed by atoms with Crippen molar-refractivity contribution in [2.75, 3.05) is 13.2 Å². The summed E-state index contributed by atoms with van der Waals surface area (Å²) in [5.41, 5.74) is -0.103. The Labute approximate surface area is 101 Å². The van der Waals surface area contributed by atoms with Gasteiger partial charge in [-0.25, -0.2) is 0 Å². The van der Waals surface area contributed by atoms with Crippen molar-refractivity contribution in [1.82, 2.24) is 10.6 Å². The molecule has 90 valence electrons. The number of aliphatic imine (C=N–C) groups is 1. The van der Waals surface area contributed by atoms with Gasteiger partial charge in [-0.2, -0.15) is 0 Å². The van der Waals surface area contributed by atoms with Gasteiger partial charge in [-0.3, -0.25) is 4.99 Å². The Morgan fingerprint density at radius 2 is 2.50 bits per heavy atom. The summed E-state index contributed by atoms with van der Waals surface area (Å²) < 4.78 is 0. The number of nitrogens with one attached hydrogen (secondary N) is 2. The molecule has 2 rings (SSSR count). The van der Waals surface area contributed by atoms with Crippen molar-refractivity contribution in [1.29, 1.82) is 0 Å². The van der Waals surface area contributed by atoms with Crippen LogP contribution < -0.4 is 10.6 Å². The van der Waals surface area contributed by atoms with Crippen LogP contribution >= 0.6 is 11.6 Å². The first-order valence-electron chi connectivity index (χ1n) is 5.71. The zero-order chi connectivity index (χ0) is 11.6. The van der Waals surface area contributed by atoms with Gasteiger partial charge in [0.15, 0.2) is 0 Å². The molecule has 5 heteroatoms. The van der Waals surface area contributed by atoms with E-state index in [-0.39, 0.29) is 18.2 Å². The molecule has 3 N–H and O–H groups in total. The number of amidine groups is 1. The van der Waals surface area contributed by atoms with Crippen LogP contribution in [0.4, 0.5) is 0 Å². The second-order valence-electron chi connectivity index (χ2n) is 4.59. The van der Waals surface area contributed by atoms with Gasteiger partial charge in [0.25, 0.3) is 0 Å². The smallest absolute Gasteiger partial charge is 0.122 e. The highest BCUT2D eigenvalue weighted by Gasteiger charge is 2.36. The van der Waals surface area contributed by atoms with Gasteiger partial charge in [0.1, 0.15) is 11.0 Å². The normalized spacial score (nSPS) is 33.6. The summed E-state index contributed by atoms with van der Waals surface area (Å²) in [7, 11) is 0. The number of hydrogen-bond donors (Lipinski definition) is 3. The molecule has 0 amide bonds. The second-order valence-corrected chi connectivity index (χ2v) is 5.00. The van der Waals surface area contributed by atoms with Gasteiger partial charge in [0.2, 0.25) is 0 Å². The number of nitrogens with zero attached hydrogens (tertiary/aromatic N) is 1. The molecule has 2 heterocycles. The number of aliphatic hydroxyl groups excluding tert-OH is 1. The molecule has 2 aliphatic rings. The first-order valence-corrected chi connectivity index (χ1v) is 6.09. The monoisotopic (exact) mass is 243 g/mol. The van der Waals surface area contributed by atoms with E-state index in [9.17, 15) is 0 Å². The molecular formula is C11H18ClN3O. The summed E-state index contributed by atoms with van der Waals surface area (Å²) >= 11 is 5.95. The molecule has 0 aromatic carbocycles. The Morgan fingerprint density at radius 1 is 1.69 bits per heavy atom. The van der Waals surface area contributed by atoms with E-state index in [1.807, 2.05) is 6.08 Å². The van der Waals surface area contributed by atoms with Crippen molar-refractivity contribution >= 4 is 17.4 Å². The van der Waals surface area contributed by atoms with E-state index in [0.717, 1.165) is 31.6 Å². The standard InChI is InChI=1S/C11H18ClN3O/c1-11-5-4-9(12)15-10(11)14-8(7-13-11)3-2-6-16/h4,8,13,16H,2-3,5-7H2,1H3,(H,14,15). The van der Waals surface area contributed by atoms with Crippen LogP contribution in [0.25, 0.3) is 0 Å². The van der Waals surface area contributed by atoms with Gasteiger partial charge in [0.05, 0.1) is 11.6 Å². The fraction of sp³-hybridized carbons (Fsp3) is 0.727. The molecular weight excluding hydrogens is 226 g/mol. The molecule has 0 bridgehead atoms. The zero-order valence-corrected chi connectivity index (χ0v) is 10.2. The van der Waals surface area contributed by atoms with Crippen molar-refractivity contribution in [2.24, 2.45) is 4.99 Å².